The number of carbonyl (C=O) groups is 1. The van der Waals surface area contributed by atoms with E-state index in [4.69, 9.17) is 9.47 Å². The zero-order valence-electron chi connectivity index (χ0n) is 18.2. The molecule has 0 amide bonds. The molecule has 162 valence electrons. The second-order valence-electron chi connectivity index (χ2n) is 7.28. The van der Waals surface area contributed by atoms with Crippen molar-refractivity contribution in [3.05, 3.63) is 89.5 Å². The lowest BCUT2D eigenvalue weighted by Crippen LogP contribution is -2.17. The lowest BCUT2D eigenvalue weighted by Gasteiger charge is -2.08. The van der Waals surface area contributed by atoms with Gasteiger partial charge in [-0.2, -0.15) is 9.67 Å². The van der Waals surface area contributed by atoms with Gasteiger partial charge in [-0.15, -0.1) is 5.10 Å². The van der Waals surface area contributed by atoms with Crippen molar-refractivity contribution >= 4 is 11.9 Å². The first-order valence-corrected chi connectivity index (χ1v) is 10.2. The van der Waals surface area contributed by atoms with E-state index in [9.17, 15) is 4.79 Å². The average Bonchev–Trinajstić information content (AvgIpc) is 3.27. The summed E-state index contributed by atoms with van der Waals surface area (Å²) in [5, 5.41) is 7.76. The summed E-state index contributed by atoms with van der Waals surface area (Å²) in [7, 11) is 3.25. The molecule has 0 atom stereocenters. The van der Waals surface area contributed by atoms with E-state index in [-0.39, 0.29) is 5.91 Å². The number of hydrogen-bond donors (Lipinski definition) is 1. The molecular formula is C25H24N4O3. The molecule has 0 aliphatic rings. The monoisotopic (exact) mass is 428 g/mol. The minimum atomic E-state index is -0.252. The first-order chi connectivity index (χ1) is 15.6. The zero-order chi connectivity index (χ0) is 22.5. The van der Waals surface area contributed by atoms with E-state index in [1.54, 1.807) is 20.3 Å². The number of anilines is 1. The molecule has 0 fully saturated rings. The summed E-state index contributed by atoms with van der Waals surface area (Å²) in [5.41, 5.74) is 3.35. The summed E-state index contributed by atoms with van der Waals surface area (Å²) >= 11 is 0. The van der Waals surface area contributed by atoms with E-state index in [0.717, 1.165) is 28.2 Å². The molecule has 0 bridgehead atoms. The molecule has 0 aliphatic heterocycles. The predicted molar refractivity (Wildman–Crippen MR) is 123 cm³/mol. The van der Waals surface area contributed by atoms with Gasteiger partial charge < -0.3 is 14.8 Å². The minimum absolute atomic E-state index is 0.252. The number of aryl methyl sites for hydroxylation is 1. The second kappa shape index (κ2) is 9.34. The highest BCUT2D eigenvalue weighted by Gasteiger charge is 2.19. The van der Waals surface area contributed by atoms with Crippen LogP contribution in [0, 0.1) is 6.92 Å². The fourth-order valence-electron chi connectivity index (χ4n) is 3.26. The highest BCUT2D eigenvalue weighted by atomic mass is 16.5. The number of methoxy groups -OCH3 is 2. The Kier molecular flexibility index (Phi) is 6.17. The number of aromatic nitrogens is 3. The Morgan fingerprint density at radius 2 is 1.59 bits per heavy atom. The van der Waals surface area contributed by atoms with Crippen LogP contribution in [0.2, 0.25) is 0 Å². The van der Waals surface area contributed by atoms with Crippen molar-refractivity contribution in [2.45, 2.75) is 13.5 Å². The molecule has 3 aromatic carbocycles. The molecule has 0 saturated heterocycles. The van der Waals surface area contributed by atoms with Crippen molar-refractivity contribution in [3.63, 3.8) is 0 Å². The lowest BCUT2D eigenvalue weighted by molar-refractivity contribution is 0.0947. The van der Waals surface area contributed by atoms with Crippen LogP contribution in [0.25, 0.3) is 11.4 Å². The normalized spacial score (nSPS) is 10.6. The van der Waals surface area contributed by atoms with Crippen LogP contribution in [0.1, 0.15) is 21.5 Å². The van der Waals surface area contributed by atoms with Crippen molar-refractivity contribution in [1.82, 2.24) is 14.8 Å². The molecule has 0 unspecified atom stereocenters. The van der Waals surface area contributed by atoms with E-state index < -0.39 is 0 Å². The van der Waals surface area contributed by atoms with Gasteiger partial charge in [0.1, 0.15) is 11.5 Å². The smallest absolute Gasteiger partial charge is 0.281 e. The van der Waals surface area contributed by atoms with E-state index in [1.165, 1.54) is 4.68 Å². The predicted octanol–water partition coefficient (Wildman–Crippen LogP) is 4.57. The summed E-state index contributed by atoms with van der Waals surface area (Å²) in [4.78, 5) is 17.9. The Bertz CT molecular complexity index is 1210. The van der Waals surface area contributed by atoms with Gasteiger partial charge in [-0.1, -0.05) is 29.8 Å². The number of benzene rings is 3. The largest absolute Gasteiger partial charge is 0.497 e. The fourth-order valence-corrected chi connectivity index (χ4v) is 3.26. The zero-order valence-corrected chi connectivity index (χ0v) is 18.2. The molecule has 1 N–H and O–H groups in total. The fraction of sp³-hybridized carbons (Fsp3) is 0.160. The molecule has 4 aromatic rings. The number of hydrogen-bond acceptors (Lipinski definition) is 6. The molecule has 0 radical (unpaired) electrons. The van der Waals surface area contributed by atoms with Crippen LogP contribution in [-0.4, -0.2) is 34.9 Å². The van der Waals surface area contributed by atoms with Gasteiger partial charge in [-0.25, -0.2) is 0 Å². The first kappa shape index (κ1) is 21.1. The molecule has 1 aromatic heterocycles. The average molecular weight is 428 g/mol. The van der Waals surface area contributed by atoms with Crippen molar-refractivity contribution < 1.29 is 14.3 Å². The van der Waals surface area contributed by atoms with Crippen LogP contribution in [0.5, 0.6) is 11.5 Å². The van der Waals surface area contributed by atoms with E-state index in [1.807, 2.05) is 73.7 Å². The number of nitrogens with one attached hydrogen (secondary N) is 1. The van der Waals surface area contributed by atoms with Crippen LogP contribution in [0.3, 0.4) is 0 Å². The molecule has 7 heteroatoms. The maximum Gasteiger partial charge on any atom is 0.281 e. The van der Waals surface area contributed by atoms with Crippen LogP contribution in [0.15, 0.2) is 72.8 Å². The van der Waals surface area contributed by atoms with Gasteiger partial charge in [0.05, 0.1) is 14.2 Å². The third-order valence-corrected chi connectivity index (χ3v) is 5.02. The molecule has 0 aliphatic carbocycles. The van der Waals surface area contributed by atoms with Gasteiger partial charge in [0.2, 0.25) is 5.95 Å². The lowest BCUT2D eigenvalue weighted by atomic mass is 10.1. The van der Waals surface area contributed by atoms with Gasteiger partial charge in [-0.05, 0) is 61.0 Å². The van der Waals surface area contributed by atoms with E-state index in [0.29, 0.717) is 23.9 Å². The molecular weight excluding hydrogens is 404 g/mol. The summed E-state index contributed by atoms with van der Waals surface area (Å²) in [6.45, 7) is 2.43. The molecule has 32 heavy (non-hydrogen) atoms. The summed E-state index contributed by atoms with van der Waals surface area (Å²) in [6.07, 6.45) is 0. The van der Waals surface area contributed by atoms with Crippen molar-refractivity contribution in [2.24, 2.45) is 0 Å². The van der Waals surface area contributed by atoms with E-state index in [2.05, 4.69) is 15.4 Å². The van der Waals surface area contributed by atoms with Gasteiger partial charge >= 0.3 is 0 Å². The summed E-state index contributed by atoms with van der Waals surface area (Å²) in [6, 6.07) is 22.5. The van der Waals surface area contributed by atoms with Crippen molar-refractivity contribution in [1.29, 1.82) is 0 Å². The van der Waals surface area contributed by atoms with Crippen LogP contribution < -0.4 is 14.8 Å². The Labute approximate surface area is 186 Å². The number of carbonyl (C=O) groups excluding carboxylic acids is 1. The minimum Gasteiger partial charge on any atom is -0.497 e. The van der Waals surface area contributed by atoms with Crippen LogP contribution in [0.4, 0.5) is 5.95 Å². The van der Waals surface area contributed by atoms with Crippen LogP contribution in [-0.2, 0) is 6.54 Å². The van der Waals surface area contributed by atoms with Gasteiger partial charge in [0.25, 0.3) is 5.91 Å². The number of nitrogens with zero attached hydrogens (tertiary/aromatic N) is 3. The van der Waals surface area contributed by atoms with Gasteiger partial charge in [-0.3, -0.25) is 4.79 Å². The quantitative estimate of drug-likeness (QED) is 0.465. The third kappa shape index (κ3) is 4.62. The topological polar surface area (TPSA) is 78.3 Å². The maximum atomic E-state index is 13.2. The first-order valence-electron chi connectivity index (χ1n) is 10.2. The maximum absolute atomic E-state index is 13.2. The standard InChI is InChI=1S/C25H24N4O3/c1-17-5-4-6-20(15-17)24(30)29-25(26-16-18-7-11-21(31-2)12-8-18)27-23(28-29)19-9-13-22(32-3)14-10-19/h4-15H,16H2,1-3H3,(H,26,27,28). The molecule has 1 heterocycles. The molecule has 4 rings (SSSR count). The Hall–Kier alpha value is -4.13. The van der Waals surface area contributed by atoms with Crippen molar-refractivity contribution in [2.75, 3.05) is 19.5 Å². The number of rotatable bonds is 7. The molecule has 7 nitrogen and oxygen atoms in total. The van der Waals surface area contributed by atoms with Gasteiger partial charge in [0, 0.05) is 17.7 Å². The Morgan fingerprint density at radius 3 is 2.22 bits per heavy atom. The second-order valence-corrected chi connectivity index (χ2v) is 7.28. The van der Waals surface area contributed by atoms with Crippen LogP contribution >= 0.6 is 0 Å². The molecule has 0 saturated carbocycles. The van der Waals surface area contributed by atoms with Gasteiger partial charge in [0.15, 0.2) is 5.82 Å². The Morgan fingerprint density at radius 1 is 0.938 bits per heavy atom. The van der Waals surface area contributed by atoms with E-state index >= 15 is 0 Å². The van der Waals surface area contributed by atoms with Crippen molar-refractivity contribution in [3.8, 4) is 22.9 Å². The highest BCUT2D eigenvalue weighted by molar-refractivity contribution is 5.97. The Balaban J connectivity index is 1.66. The molecule has 0 spiro atoms. The third-order valence-electron chi connectivity index (χ3n) is 5.02. The summed E-state index contributed by atoms with van der Waals surface area (Å²) < 4.78 is 11.8. The summed E-state index contributed by atoms with van der Waals surface area (Å²) in [5.74, 6) is 2.09. The number of ether oxygens (including phenoxy) is 2. The highest BCUT2D eigenvalue weighted by Crippen LogP contribution is 2.22. The SMILES string of the molecule is COc1ccc(CNc2nc(-c3ccc(OC)cc3)nn2C(=O)c2cccc(C)c2)cc1.